The lowest BCUT2D eigenvalue weighted by molar-refractivity contribution is 0.111. The highest BCUT2D eigenvalue weighted by Gasteiger charge is 2.15. The summed E-state index contributed by atoms with van der Waals surface area (Å²) in [4.78, 5) is 18.3. The van der Waals surface area contributed by atoms with Gasteiger partial charge in [-0.15, -0.1) is 0 Å². The minimum absolute atomic E-state index is 0.153. The van der Waals surface area contributed by atoms with Crippen molar-refractivity contribution in [2.24, 2.45) is 0 Å². The summed E-state index contributed by atoms with van der Waals surface area (Å²) in [5, 5.41) is 5.69. The van der Waals surface area contributed by atoms with Crippen LogP contribution < -0.4 is 15.5 Å². The molecule has 1 aromatic heterocycles. The van der Waals surface area contributed by atoms with Crippen molar-refractivity contribution in [1.29, 1.82) is 0 Å². The number of pyridine rings is 1. The molecule has 1 saturated heterocycles. The summed E-state index contributed by atoms with van der Waals surface area (Å²) < 4.78 is 5.48. The number of hydrogen-bond donors (Lipinski definition) is 2. The van der Waals surface area contributed by atoms with Gasteiger partial charge in [0.05, 0.1) is 6.10 Å². The maximum atomic E-state index is 11.8. The van der Waals surface area contributed by atoms with E-state index in [-0.39, 0.29) is 12.1 Å². The number of amides is 2. The molecule has 6 nitrogen and oxygen atoms in total. The smallest absolute Gasteiger partial charge is 0.315 e. The molecule has 0 saturated carbocycles. The Kier molecular flexibility index (Phi) is 5.85. The van der Waals surface area contributed by atoms with Crippen molar-refractivity contribution in [3.63, 3.8) is 0 Å². The Morgan fingerprint density at radius 2 is 2.08 bits per heavy atom. The van der Waals surface area contributed by atoms with Crippen LogP contribution in [0, 0.1) is 0 Å². The van der Waals surface area contributed by atoms with Crippen LogP contribution in [0.3, 0.4) is 0 Å². The first-order chi connectivity index (χ1) is 12.2. The zero-order valence-electron chi connectivity index (χ0n) is 14.4. The highest BCUT2D eigenvalue weighted by Crippen LogP contribution is 2.20. The zero-order valence-corrected chi connectivity index (χ0v) is 14.4. The van der Waals surface area contributed by atoms with Crippen LogP contribution in [0.25, 0.3) is 0 Å². The average molecular weight is 340 g/mol. The minimum atomic E-state index is -0.180. The Hall–Kier alpha value is -2.60. The number of carbonyl (C=O) groups is 1. The predicted molar refractivity (Wildman–Crippen MR) is 98.0 cm³/mol. The molecule has 2 heterocycles. The SMILES string of the molecule is CN(c1ccccc1)c1ccc(CNC(=O)NC[C@H]2CCCO2)cn1. The fourth-order valence-electron chi connectivity index (χ4n) is 2.76. The van der Waals surface area contributed by atoms with Crippen LogP contribution in [0.4, 0.5) is 16.3 Å². The Labute approximate surface area is 148 Å². The van der Waals surface area contributed by atoms with Gasteiger partial charge in [0.25, 0.3) is 0 Å². The van der Waals surface area contributed by atoms with Gasteiger partial charge in [-0.2, -0.15) is 0 Å². The second-order valence-electron chi connectivity index (χ2n) is 6.12. The lowest BCUT2D eigenvalue weighted by atomic mass is 10.2. The van der Waals surface area contributed by atoms with Crippen molar-refractivity contribution in [3.05, 3.63) is 54.2 Å². The molecule has 0 radical (unpaired) electrons. The number of hydrogen-bond acceptors (Lipinski definition) is 4. The molecule has 132 valence electrons. The third kappa shape index (κ3) is 4.93. The van der Waals surface area contributed by atoms with Crippen LogP contribution in [-0.4, -0.2) is 37.3 Å². The van der Waals surface area contributed by atoms with E-state index in [1.165, 1.54) is 0 Å². The monoisotopic (exact) mass is 340 g/mol. The van der Waals surface area contributed by atoms with Gasteiger partial charge in [-0.1, -0.05) is 24.3 Å². The van der Waals surface area contributed by atoms with Gasteiger partial charge >= 0.3 is 6.03 Å². The van der Waals surface area contributed by atoms with E-state index in [9.17, 15) is 4.79 Å². The summed E-state index contributed by atoms with van der Waals surface area (Å²) in [5.41, 5.74) is 2.03. The van der Waals surface area contributed by atoms with Crippen LogP contribution in [0.2, 0.25) is 0 Å². The molecule has 2 amide bonds. The fourth-order valence-corrected chi connectivity index (χ4v) is 2.76. The number of carbonyl (C=O) groups excluding carboxylic acids is 1. The summed E-state index contributed by atoms with van der Waals surface area (Å²) in [6, 6.07) is 13.8. The highest BCUT2D eigenvalue weighted by molar-refractivity contribution is 5.73. The molecule has 0 unspecified atom stereocenters. The molecule has 1 aromatic carbocycles. The fraction of sp³-hybridized carbons (Fsp3) is 0.368. The quantitative estimate of drug-likeness (QED) is 0.849. The van der Waals surface area contributed by atoms with Crippen molar-refractivity contribution < 1.29 is 9.53 Å². The second kappa shape index (κ2) is 8.48. The first-order valence-corrected chi connectivity index (χ1v) is 8.59. The number of aromatic nitrogens is 1. The summed E-state index contributed by atoms with van der Waals surface area (Å²) in [5.74, 6) is 0.859. The molecule has 0 bridgehead atoms. The van der Waals surface area contributed by atoms with Gasteiger partial charge in [0.2, 0.25) is 0 Å². The topological polar surface area (TPSA) is 66.5 Å². The molecule has 6 heteroatoms. The Bertz CT molecular complexity index is 670. The Balaban J connectivity index is 1.46. The molecule has 1 aliphatic rings. The van der Waals surface area contributed by atoms with E-state index in [0.717, 1.165) is 36.5 Å². The molecular formula is C19H24N4O2. The summed E-state index contributed by atoms with van der Waals surface area (Å²) >= 11 is 0. The maximum absolute atomic E-state index is 11.8. The van der Waals surface area contributed by atoms with Crippen LogP contribution in [0.15, 0.2) is 48.7 Å². The van der Waals surface area contributed by atoms with Crippen LogP contribution >= 0.6 is 0 Å². The lowest BCUT2D eigenvalue weighted by Gasteiger charge is -2.18. The van der Waals surface area contributed by atoms with E-state index in [0.29, 0.717) is 13.1 Å². The first-order valence-electron chi connectivity index (χ1n) is 8.59. The van der Waals surface area contributed by atoms with Gasteiger partial charge in [0.15, 0.2) is 0 Å². The number of benzene rings is 1. The van der Waals surface area contributed by atoms with Gasteiger partial charge in [-0.25, -0.2) is 9.78 Å². The molecule has 3 rings (SSSR count). The molecule has 25 heavy (non-hydrogen) atoms. The molecule has 1 atom stereocenters. The molecule has 1 aliphatic heterocycles. The molecule has 0 spiro atoms. The average Bonchev–Trinajstić information content (AvgIpc) is 3.19. The van der Waals surface area contributed by atoms with Crippen molar-refractivity contribution in [3.8, 4) is 0 Å². The first kappa shape index (κ1) is 17.2. The van der Waals surface area contributed by atoms with Crippen molar-refractivity contribution in [1.82, 2.24) is 15.6 Å². The van der Waals surface area contributed by atoms with Crippen molar-refractivity contribution in [2.75, 3.05) is 25.1 Å². The zero-order chi connectivity index (χ0) is 17.5. The van der Waals surface area contributed by atoms with E-state index in [4.69, 9.17) is 4.74 Å². The number of para-hydroxylation sites is 1. The highest BCUT2D eigenvalue weighted by atomic mass is 16.5. The van der Waals surface area contributed by atoms with Crippen LogP contribution in [0.1, 0.15) is 18.4 Å². The van der Waals surface area contributed by atoms with E-state index >= 15 is 0 Å². The largest absolute Gasteiger partial charge is 0.376 e. The Morgan fingerprint density at radius 3 is 2.76 bits per heavy atom. The number of ether oxygens (including phenoxy) is 1. The van der Waals surface area contributed by atoms with Gasteiger partial charge in [-0.3, -0.25) is 0 Å². The van der Waals surface area contributed by atoms with Crippen molar-refractivity contribution in [2.45, 2.75) is 25.5 Å². The van der Waals surface area contributed by atoms with Gasteiger partial charge in [0, 0.05) is 38.6 Å². The molecule has 2 aromatic rings. The van der Waals surface area contributed by atoms with Crippen LogP contribution in [0.5, 0.6) is 0 Å². The number of urea groups is 1. The Morgan fingerprint density at radius 1 is 1.24 bits per heavy atom. The summed E-state index contributed by atoms with van der Waals surface area (Å²) in [6.07, 6.45) is 4.03. The molecule has 2 N–H and O–H groups in total. The number of anilines is 2. The van der Waals surface area contributed by atoms with E-state index < -0.39 is 0 Å². The normalized spacial score (nSPS) is 16.4. The van der Waals surface area contributed by atoms with Crippen molar-refractivity contribution >= 4 is 17.5 Å². The van der Waals surface area contributed by atoms with Gasteiger partial charge < -0.3 is 20.3 Å². The third-order valence-corrected chi connectivity index (χ3v) is 4.26. The number of nitrogens with one attached hydrogen (secondary N) is 2. The second-order valence-corrected chi connectivity index (χ2v) is 6.12. The number of rotatable bonds is 6. The molecule has 1 fully saturated rings. The van der Waals surface area contributed by atoms with E-state index in [1.54, 1.807) is 6.20 Å². The minimum Gasteiger partial charge on any atom is -0.376 e. The molecular weight excluding hydrogens is 316 g/mol. The summed E-state index contributed by atoms with van der Waals surface area (Å²) in [7, 11) is 1.98. The van der Waals surface area contributed by atoms with E-state index in [2.05, 4.69) is 15.6 Å². The maximum Gasteiger partial charge on any atom is 0.315 e. The molecule has 0 aliphatic carbocycles. The van der Waals surface area contributed by atoms with Gasteiger partial charge in [0.1, 0.15) is 5.82 Å². The summed E-state index contributed by atoms with van der Waals surface area (Å²) in [6.45, 7) is 1.80. The standard InChI is InChI=1S/C19H24N4O2/c1-23(16-6-3-2-4-7-16)18-10-9-15(12-20-18)13-21-19(24)22-14-17-8-5-11-25-17/h2-4,6-7,9-10,12,17H,5,8,11,13-14H2,1H3,(H2,21,22,24)/t17-/m1/s1. The third-order valence-electron chi connectivity index (χ3n) is 4.26. The predicted octanol–water partition coefficient (Wildman–Crippen LogP) is 2.83. The van der Waals surface area contributed by atoms with Gasteiger partial charge in [-0.05, 0) is 36.6 Å². The lowest BCUT2D eigenvalue weighted by Crippen LogP contribution is -2.39. The van der Waals surface area contributed by atoms with E-state index in [1.807, 2.05) is 54.4 Å². The van der Waals surface area contributed by atoms with Crippen LogP contribution in [-0.2, 0) is 11.3 Å². The number of nitrogens with zero attached hydrogens (tertiary/aromatic N) is 2.